The molecule has 5 heterocycles. The highest BCUT2D eigenvalue weighted by atomic mass is 16.5. The first-order chi connectivity index (χ1) is 39.3. The monoisotopic (exact) mass is 1110 g/mol. The summed E-state index contributed by atoms with van der Waals surface area (Å²) in [7, 11) is 8.18. The van der Waals surface area contributed by atoms with Crippen molar-refractivity contribution in [3.63, 3.8) is 0 Å². The summed E-state index contributed by atoms with van der Waals surface area (Å²) in [6.07, 6.45) is 6.49. The number of benzene rings is 3. The minimum absolute atomic E-state index is 0.0416. The van der Waals surface area contributed by atoms with E-state index < -0.39 is 18.0 Å². The van der Waals surface area contributed by atoms with Gasteiger partial charge in [0.1, 0.15) is 24.1 Å². The summed E-state index contributed by atoms with van der Waals surface area (Å²) < 4.78 is 31.2. The van der Waals surface area contributed by atoms with Gasteiger partial charge in [-0.05, 0) is 88.2 Å². The number of aryl methyl sites for hydroxylation is 1. The van der Waals surface area contributed by atoms with E-state index in [9.17, 15) is 24.0 Å². The molecule has 0 bridgehead atoms. The van der Waals surface area contributed by atoms with Crippen LogP contribution in [0.2, 0.25) is 0 Å². The van der Waals surface area contributed by atoms with Crippen LogP contribution in [-0.2, 0) is 30.9 Å². The molecule has 3 aromatic heterocycles. The Kier molecular flexibility index (Phi) is 18.8. The van der Waals surface area contributed by atoms with Crippen LogP contribution in [0.15, 0.2) is 66.9 Å². The Bertz CT molecular complexity index is 3190. The van der Waals surface area contributed by atoms with E-state index in [0.717, 1.165) is 43.5 Å². The lowest BCUT2D eigenvalue weighted by Crippen LogP contribution is -2.62. The number of likely N-dealkylation sites (N-methyl/N-ethyl adjacent to an activating group) is 1. The zero-order valence-corrected chi connectivity index (χ0v) is 47.2. The standard InChI is InChI=1S/C57H74N14O10/c1-36-34-69(26-27-70(36)55(75)50(38-11-9-8-10-12-38)62-53(73)37(2)58-3)56(76)51-49(43-19-18-42(77-5)32-45(43)66(51)4)54(74)59-21-28-80-29-30-81-35-48(72)68-24-22-67(23-25-68)40-15-13-39(14-16-40)61-57-60-33-44-52(63-57)71(65-64-44)41-17-20-46(78-6)47(31-41)79-7/h13-20,31-33,36-38,50,58H,8-12,21-30,34-35H2,1-7H3,(H,59,74)(H,62,73)(H,60,61,63)/t36-,37+,50+/m1/s1. The summed E-state index contributed by atoms with van der Waals surface area (Å²) in [4.78, 5) is 85.8. The Morgan fingerprint density at radius 1 is 0.790 bits per heavy atom. The Balaban J connectivity index is 0.711. The van der Waals surface area contributed by atoms with E-state index in [-0.39, 0.29) is 99.5 Å². The second-order valence-corrected chi connectivity index (χ2v) is 20.6. The predicted octanol–water partition coefficient (Wildman–Crippen LogP) is 3.93. The van der Waals surface area contributed by atoms with Gasteiger partial charge in [0, 0.05) is 94.3 Å². The average molecular weight is 1120 g/mol. The summed E-state index contributed by atoms with van der Waals surface area (Å²) in [5, 5.41) is 21.3. The van der Waals surface area contributed by atoms with E-state index in [1.807, 2.05) is 37.3 Å². The Hall–Kier alpha value is -8.09. The predicted molar refractivity (Wildman–Crippen MR) is 304 cm³/mol. The quantitative estimate of drug-likeness (QED) is 0.0703. The van der Waals surface area contributed by atoms with Gasteiger partial charge in [-0.3, -0.25) is 24.0 Å². The molecular formula is C57H74N14O10. The van der Waals surface area contributed by atoms with Crippen molar-refractivity contribution in [2.24, 2.45) is 13.0 Å². The Morgan fingerprint density at radius 2 is 1.52 bits per heavy atom. The molecule has 0 radical (unpaired) electrons. The molecule has 3 fully saturated rings. The largest absolute Gasteiger partial charge is 0.497 e. The molecule has 432 valence electrons. The van der Waals surface area contributed by atoms with E-state index in [0.29, 0.717) is 77.1 Å². The summed E-state index contributed by atoms with van der Waals surface area (Å²) >= 11 is 0. The van der Waals surface area contributed by atoms with Crippen LogP contribution in [0.4, 0.5) is 17.3 Å². The SMILES string of the molecule is CN[C@@H](C)C(=O)N[C@H](C(=O)N1CCN(C(=O)c2c(C(=O)NCCOCCOCC(=O)N3CCN(c4ccc(Nc5ncc6nnn(-c7ccc(OC)c(OC)c7)c6n5)cc4)CC3)c3ccc(OC)cc3n2C)C[C@H]1C)C1CCCCC1. The second-order valence-electron chi connectivity index (χ2n) is 20.6. The molecule has 0 unspecified atom stereocenters. The molecule has 3 atom stereocenters. The molecular weight excluding hydrogens is 1040 g/mol. The number of carbonyl (C=O) groups excluding carboxylic acids is 5. The van der Waals surface area contributed by atoms with E-state index in [2.05, 4.69) is 41.5 Å². The molecule has 24 heteroatoms. The van der Waals surface area contributed by atoms with E-state index >= 15 is 0 Å². The first-order valence-corrected chi connectivity index (χ1v) is 27.7. The number of carbonyl (C=O) groups is 5. The fourth-order valence-corrected chi connectivity index (χ4v) is 10.9. The van der Waals surface area contributed by atoms with Gasteiger partial charge in [0.05, 0.1) is 70.2 Å². The number of ether oxygens (including phenoxy) is 5. The Morgan fingerprint density at radius 3 is 2.23 bits per heavy atom. The van der Waals surface area contributed by atoms with Crippen LogP contribution in [0.25, 0.3) is 27.8 Å². The molecule has 6 aromatic rings. The number of nitrogens with zero attached hydrogens (tertiary/aromatic N) is 10. The smallest absolute Gasteiger partial charge is 0.271 e. The molecule has 24 nitrogen and oxygen atoms in total. The highest BCUT2D eigenvalue weighted by Gasteiger charge is 2.40. The maximum Gasteiger partial charge on any atom is 0.271 e. The summed E-state index contributed by atoms with van der Waals surface area (Å²) in [6, 6.07) is 17.3. The lowest BCUT2D eigenvalue weighted by Gasteiger charge is -2.43. The number of piperazine rings is 2. The van der Waals surface area contributed by atoms with Crippen molar-refractivity contribution < 1.29 is 47.7 Å². The molecule has 81 heavy (non-hydrogen) atoms. The minimum Gasteiger partial charge on any atom is -0.497 e. The van der Waals surface area contributed by atoms with Gasteiger partial charge in [0.15, 0.2) is 22.7 Å². The topological polar surface area (TPSA) is 254 Å². The molecule has 1 saturated carbocycles. The normalized spacial score (nSPS) is 16.8. The van der Waals surface area contributed by atoms with Gasteiger partial charge in [0.2, 0.25) is 23.7 Å². The molecule has 9 rings (SSSR count). The zero-order valence-electron chi connectivity index (χ0n) is 47.2. The number of aromatic nitrogens is 6. The fraction of sp³-hybridized carbons (Fsp3) is 0.491. The third-order valence-corrected chi connectivity index (χ3v) is 15.6. The van der Waals surface area contributed by atoms with Crippen molar-refractivity contribution in [3.8, 4) is 22.9 Å². The summed E-state index contributed by atoms with van der Waals surface area (Å²) in [5.74, 6) is 0.929. The van der Waals surface area contributed by atoms with Crippen LogP contribution in [0.3, 0.4) is 0 Å². The first kappa shape index (κ1) is 57.6. The molecule has 3 aliphatic rings. The number of hydrogen-bond donors (Lipinski definition) is 4. The maximum absolute atomic E-state index is 14.6. The van der Waals surface area contributed by atoms with Crippen molar-refractivity contribution in [1.29, 1.82) is 0 Å². The van der Waals surface area contributed by atoms with Gasteiger partial charge in [-0.2, -0.15) is 9.67 Å². The first-order valence-electron chi connectivity index (χ1n) is 27.7. The molecule has 0 spiro atoms. The number of hydrogen-bond acceptors (Lipinski definition) is 17. The van der Waals surface area contributed by atoms with Crippen LogP contribution in [0.5, 0.6) is 17.2 Å². The van der Waals surface area contributed by atoms with Crippen molar-refractivity contribution in [2.45, 2.75) is 64.1 Å². The van der Waals surface area contributed by atoms with Crippen molar-refractivity contribution in [1.82, 2.24) is 60.2 Å². The number of anilines is 3. The van der Waals surface area contributed by atoms with E-state index in [4.69, 9.17) is 28.7 Å². The second kappa shape index (κ2) is 26.5. The number of rotatable bonds is 22. The van der Waals surface area contributed by atoms with Gasteiger partial charge in [-0.1, -0.05) is 24.5 Å². The third kappa shape index (κ3) is 13.1. The van der Waals surface area contributed by atoms with Gasteiger partial charge in [-0.25, -0.2) is 4.98 Å². The van der Waals surface area contributed by atoms with Crippen molar-refractivity contribution in [2.75, 3.05) is 117 Å². The molecule has 2 saturated heterocycles. The lowest BCUT2D eigenvalue weighted by molar-refractivity contribution is -0.142. The average Bonchev–Trinajstić information content (AvgIpc) is 4.13. The molecule has 5 amide bonds. The lowest BCUT2D eigenvalue weighted by atomic mass is 9.83. The number of amides is 5. The maximum atomic E-state index is 14.6. The molecule has 3 aromatic carbocycles. The molecule has 4 N–H and O–H groups in total. The van der Waals surface area contributed by atoms with Crippen LogP contribution < -0.4 is 40.4 Å². The van der Waals surface area contributed by atoms with Crippen LogP contribution >= 0.6 is 0 Å². The van der Waals surface area contributed by atoms with Crippen molar-refractivity contribution >= 4 is 68.9 Å². The molecule has 2 aliphatic heterocycles. The number of methoxy groups -OCH3 is 3. The number of fused-ring (bicyclic) bond motifs is 2. The number of nitrogens with one attached hydrogen (secondary N) is 4. The van der Waals surface area contributed by atoms with Gasteiger partial charge in [-0.15, -0.1) is 5.10 Å². The minimum atomic E-state index is -0.647. The summed E-state index contributed by atoms with van der Waals surface area (Å²) in [5.41, 5.74) is 4.67. The van der Waals surface area contributed by atoms with Gasteiger partial charge in [0.25, 0.3) is 11.8 Å². The molecule has 1 aliphatic carbocycles. The third-order valence-electron chi connectivity index (χ3n) is 15.6. The van der Waals surface area contributed by atoms with Crippen LogP contribution in [-0.4, -0.2) is 199 Å². The fourth-order valence-electron chi connectivity index (χ4n) is 10.9. The highest BCUT2D eigenvalue weighted by molar-refractivity contribution is 6.16. The van der Waals surface area contributed by atoms with Gasteiger partial charge < -0.3 is 69.1 Å². The van der Waals surface area contributed by atoms with Crippen LogP contribution in [0, 0.1) is 5.92 Å². The van der Waals surface area contributed by atoms with Crippen molar-refractivity contribution in [3.05, 3.63) is 78.1 Å². The zero-order chi connectivity index (χ0) is 57.2. The van der Waals surface area contributed by atoms with E-state index in [1.54, 1.807) is 103 Å². The summed E-state index contributed by atoms with van der Waals surface area (Å²) in [6.45, 7) is 7.50. The van der Waals surface area contributed by atoms with Gasteiger partial charge >= 0.3 is 0 Å². The highest BCUT2D eigenvalue weighted by Crippen LogP contribution is 2.33. The van der Waals surface area contributed by atoms with E-state index in [1.165, 1.54) is 0 Å². The Labute approximate surface area is 470 Å². The van der Waals surface area contributed by atoms with Crippen LogP contribution in [0.1, 0.15) is 66.8 Å².